The van der Waals surface area contributed by atoms with Gasteiger partial charge in [-0.15, -0.1) is 0 Å². The highest BCUT2D eigenvalue weighted by Crippen LogP contribution is 2.27. The van der Waals surface area contributed by atoms with Gasteiger partial charge in [0.25, 0.3) is 17.4 Å². The van der Waals surface area contributed by atoms with Gasteiger partial charge in [-0.3, -0.25) is 14.2 Å². The number of nitrogens with one attached hydrogen (secondary N) is 2. The Hall–Kier alpha value is -3.19. The number of alkyl halides is 1. The predicted octanol–water partition coefficient (Wildman–Crippen LogP) is 2.89. The topological polar surface area (TPSA) is 116 Å². The highest BCUT2D eigenvalue weighted by molar-refractivity contribution is 14.1. The van der Waals surface area contributed by atoms with Crippen molar-refractivity contribution in [3.8, 4) is 11.7 Å². The lowest BCUT2D eigenvalue weighted by atomic mass is 10.2. The van der Waals surface area contributed by atoms with E-state index in [2.05, 4.69) is 48.3 Å². The summed E-state index contributed by atoms with van der Waals surface area (Å²) in [7, 11) is 1.50. The number of carbonyl (C=O) groups excluding carboxylic acids is 1. The quantitative estimate of drug-likeness (QED) is 0.262. The van der Waals surface area contributed by atoms with Crippen LogP contribution in [0.15, 0.2) is 53.7 Å². The number of likely N-dealkylation sites (N-methyl/N-ethyl adjacent to an activating group) is 1. The Labute approximate surface area is 200 Å². The van der Waals surface area contributed by atoms with E-state index in [1.54, 1.807) is 29.1 Å². The third-order valence-corrected chi connectivity index (χ3v) is 5.48. The van der Waals surface area contributed by atoms with Crippen molar-refractivity contribution >= 4 is 62.5 Å². The summed E-state index contributed by atoms with van der Waals surface area (Å²) >= 11 is 8.39. The number of rotatable bonds is 7. The molecule has 3 heterocycles. The Kier molecular flexibility index (Phi) is 6.55. The van der Waals surface area contributed by atoms with Crippen LogP contribution >= 0.6 is 34.2 Å². The molecule has 0 saturated heterocycles. The Morgan fingerprint density at radius 2 is 2.16 bits per heavy atom. The fraction of sp³-hybridized carbons (Fsp3) is 0.150. The van der Waals surface area contributed by atoms with Crippen molar-refractivity contribution in [2.75, 3.05) is 19.0 Å². The van der Waals surface area contributed by atoms with Crippen LogP contribution in [0, 0.1) is 0 Å². The molecule has 2 N–H and O–H groups in total. The summed E-state index contributed by atoms with van der Waals surface area (Å²) in [6.07, 6.45) is 4.85. The minimum Gasteiger partial charge on any atom is -0.478 e. The minimum atomic E-state index is -0.327. The highest BCUT2D eigenvalue weighted by Gasteiger charge is 2.13. The number of aromatic nitrogens is 5. The predicted molar refractivity (Wildman–Crippen MR) is 129 cm³/mol. The van der Waals surface area contributed by atoms with Crippen LogP contribution in [0.3, 0.4) is 0 Å². The first-order valence-corrected chi connectivity index (χ1v) is 11.3. The van der Waals surface area contributed by atoms with Gasteiger partial charge in [0.05, 0.1) is 16.3 Å². The Morgan fingerprint density at radius 1 is 1.31 bits per heavy atom. The number of hydrogen-bond donors (Lipinski definition) is 2. The largest absolute Gasteiger partial charge is 0.478 e. The molecular weight excluding hydrogens is 549 g/mol. The average molecular weight is 566 g/mol. The van der Waals surface area contributed by atoms with E-state index in [-0.39, 0.29) is 23.8 Å². The van der Waals surface area contributed by atoms with Crippen LogP contribution in [0.25, 0.3) is 16.9 Å². The maximum atomic E-state index is 12.7. The molecule has 0 radical (unpaired) electrons. The van der Waals surface area contributed by atoms with Gasteiger partial charge in [-0.2, -0.15) is 10.1 Å². The van der Waals surface area contributed by atoms with E-state index in [1.807, 2.05) is 18.2 Å². The second-order valence-corrected chi connectivity index (χ2v) is 7.63. The fourth-order valence-corrected chi connectivity index (χ4v) is 3.77. The zero-order valence-electron chi connectivity index (χ0n) is 16.7. The Balaban J connectivity index is 1.70. The van der Waals surface area contributed by atoms with Crippen molar-refractivity contribution in [2.45, 2.75) is 4.55 Å². The monoisotopic (exact) mass is 565 g/mol. The maximum Gasteiger partial charge on any atom is 0.294 e. The molecule has 10 nitrogen and oxygen atoms in total. The van der Waals surface area contributed by atoms with Crippen molar-refractivity contribution < 1.29 is 9.53 Å². The molecule has 4 aromatic rings. The molecule has 12 heteroatoms. The lowest BCUT2D eigenvalue weighted by Gasteiger charge is -2.13. The van der Waals surface area contributed by atoms with Gasteiger partial charge >= 0.3 is 0 Å². The van der Waals surface area contributed by atoms with E-state index in [4.69, 9.17) is 16.3 Å². The summed E-state index contributed by atoms with van der Waals surface area (Å²) in [5.41, 5.74) is 1.12. The molecule has 3 aromatic heterocycles. The van der Waals surface area contributed by atoms with Crippen LogP contribution in [-0.4, -0.2) is 43.9 Å². The summed E-state index contributed by atoms with van der Waals surface area (Å²) in [6.45, 7) is -0.247. The number of ether oxygens (including phenoxy) is 1. The van der Waals surface area contributed by atoms with Gasteiger partial charge in [-0.1, -0.05) is 34.2 Å². The average Bonchev–Trinajstić information content (AvgIpc) is 3.34. The van der Waals surface area contributed by atoms with Crippen molar-refractivity contribution in [3.63, 3.8) is 0 Å². The molecule has 0 saturated carbocycles. The fourth-order valence-electron chi connectivity index (χ4n) is 2.96. The van der Waals surface area contributed by atoms with E-state index < -0.39 is 0 Å². The normalized spacial score (nSPS) is 10.8. The molecule has 0 fully saturated rings. The number of hydrogen-bond acceptors (Lipinski definition) is 7. The standard InChI is InChI=1S/C20H17ClIN7O3/c1-23-17(30)10-32-16-8-12-7-13(3-4-15(12)28(11-22)19(16)31)26-18-14(21)9-24-20(27-18)29-6-2-5-25-29/h2-9H,10-11H2,1H3,(H,23,30)(H,24,26,27). The Morgan fingerprint density at radius 3 is 2.88 bits per heavy atom. The number of halogens is 2. The third-order valence-electron chi connectivity index (χ3n) is 4.52. The number of pyridine rings is 1. The first kappa shape index (κ1) is 22.0. The summed E-state index contributed by atoms with van der Waals surface area (Å²) in [5, 5.41) is 10.9. The summed E-state index contributed by atoms with van der Waals surface area (Å²) in [5.74, 6) is 0.541. The summed E-state index contributed by atoms with van der Waals surface area (Å²) in [6, 6.07) is 8.87. The van der Waals surface area contributed by atoms with E-state index in [9.17, 15) is 9.59 Å². The second-order valence-electron chi connectivity index (χ2n) is 6.54. The van der Waals surface area contributed by atoms with Gasteiger partial charge in [0.15, 0.2) is 18.2 Å². The third kappa shape index (κ3) is 4.53. The first-order valence-electron chi connectivity index (χ1n) is 9.36. The van der Waals surface area contributed by atoms with E-state index >= 15 is 0 Å². The minimum absolute atomic E-state index is 0.0935. The first-order chi connectivity index (χ1) is 15.5. The van der Waals surface area contributed by atoms with Gasteiger partial charge in [0.1, 0.15) is 5.02 Å². The van der Waals surface area contributed by atoms with Crippen LogP contribution < -0.4 is 20.9 Å². The van der Waals surface area contributed by atoms with E-state index in [0.29, 0.717) is 27.0 Å². The second kappa shape index (κ2) is 9.53. The highest BCUT2D eigenvalue weighted by atomic mass is 127. The number of anilines is 2. The van der Waals surface area contributed by atoms with Crippen molar-refractivity contribution in [3.05, 3.63) is 64.3 Å². The van der Waals surface area contributed by atoms with Crippen molar-refractivity contribution in [1.82, 2.24) is 29.6 Å². The lowest BCUT2D eigenvalue weighted by Crippen LogP contribution is -2.28. The molecule has 32 heavy (non-hydrogen) atoms. The van der Waals surface area contributed by atoms with Crippen LogP contribution in [0.4, 0.5) is 11.5 Å². The molecule has 0 spiro atoms. The van der Waals surface area contributed by atoms with Crippen molar-refractivity contribution in [2.24, 2.45) is 0 Å². The number of benzene rings is 1. The van der Waals surface area contributed by atoms with Crippen LogP contribution in [-0.2, 0) is 9.35 Å². The molecule has 0 aliphatic rings. The van der Waals surface area contributed by atoms with Gasteiger partial charge in [-0.05, 0) is 30.3 Å². The van der Waals surface area contributed by atoms with Gasteiger partial charge in [0.2, 0.25) is 0 Å². The van der Waals surface area contributed by atoms with E-state index in [1.165, 1.54) is 17.9 Å². The zero-order valence-corrected chi connectivity index (χ0v) is 19.7. The van der Waals surface area contributed by atoms with Gasteiger partial charge in [0, 0.05) is 30.5 Å². The SMILES string of the molecule is CNC(=O)COc1cc2cc(Nc3nc(-n4cccn4)ncc3Cl)ccc2n(CI)c1=O. The molecule has 0 atom stereocenters. The molecule has 164 valence electrons. The van der Waals surface area contributed by atoms with Crippen LogP contribution in [0.5, 0.6) is 5.75 Å². The molecule has 4 rings (SSSR count). The summed E-state index contributed by atoms with van der Waals surface area (Å²) in [4.78, 5) is 32.9. The molecule has 1 aromatic carbocycles. The molecule has 0 aliphatic carbocycles. The Bertz CT molecular complexity index is 1340. The van der Waals surface area contributed by atoms with Gasteiger partial charge in [-0.25, -0.2) is 9.67 Å². The molecule has 0 bridgehead atoms. The number of amides is 1. The number of nitrogens with zero attached hydrogens (tertiary/aromatic N) is 5. The lowest BCUT2D eigenvalue weighted by molar-refractivity contribution is -0.122. The molecule has 1 amide bonds. The van der Waals surface area contributed by atoms with Crippen LogP contribution in [0.1, 0.15) is 0 Å². The smallest absolute Gasteiger partial charge is 0.294 e. The molecule has 0 aliphatic heterocycles. The number of carbonyl (C=O) groups is 1. The maximum absolute atomic E-state index is 12.7. The summed E-state index contributed by atoms with van der Waals surface area (Å²) < 4.78 is 8.97. The van der Waals surface area contributed by atoms with Crippen molar-refractivity contribution in [1.29, 1.82) is 0 Å². The van der Waals surface area contributed by atoms with Crippen LogP contribution in [0.2, 0.25) is 5.02 Å². The molecule has 0 unspecified atom stereocenters. The number of fused-ring (bicyclic) bond motifs is 1. The molecular formula is C20H17ClIN7O3. The van der Waals surface area contributed by atoms with Gasteiger partial charge < -0.3 is 15.4 Å². The van der Waals surface area contributed by atoms with E-state index in [0.717, 1.165) is 10.9 Å². The zero-order chi connectivity index (χ0) is 22.7.